The van der Waals surface area contributed by atoms with Crippen LogP contribution in [0, 0.1) is 13.8 Å². The van der Waals surface area contributed by atoms with Crippen molar-refractivity contribution in [2.45, 2.75) is 33.2 Å². The van der Waals surface area contributed by atoms with Crippen LogP contribution in [-0.2, 0) is 7.05 Å². The van der Waals surface area contributed by atoms with Gasteiger partial charge in [0, 0.05) is 7.05 Å². The monoisotopic (exact) mass is 335 g/mol. The van der Waals surface area contributed by atoms with E-state index in [0.29, 0.717) is 0 Å². The molecule has 0 spiro atoms. The Morgan fingerprint density at radius 2 is 1.95 bits per heavy atom. The lowest BCUT2D eigenvalue weighted by atomic mass is 9.94. The minimum Gasteiger partial charge on any atom is -0.305 e. The first-order valence-electron chi connectivity index (χ1n) is 7.03. The average Bonchev–Trinajstić information content (AvgIpc) is 2.73. The normalized spacial score (nSPS) is 12.7. The van der Waals surface area contributed by atoms with Crippen LogP contribution in [0.5, 0.6) is 0 Å². The van der Waals surface area contributed by atoms with Gasteiger partial charge in [0.05, 0.1) is 22.4 Å². The number of aromatic nitrogens is 2. The molecular weight excluding hydrogens is 314 g/mol. The van der Waals surface area contributed by atoms with Crippen LogP contribution < -0.4 is 5.32 Å². The van der Waals surface area contributed by atoms with Crippen molar-refractivity contribution in [1.82, 2.24) is 15.1 Å². The van der Waals surface area contributed by atoms with Crippen molar-refractivity contribution < 1.29 is 0 Å². The highest BCUT2D eigenvalue weighted by Crippen LogP contribution is 2.31. The molecule has 0 amide bonds. The van der Waals surface area contributed by atoms with Crippen LogP contribution in [0.25, 0.3) is 0 Å². The maximum atomic E-state index is 4.36. The molecule has 0 aliphatic carbocycles. The lowest BCUT2D eigenvalue weighted by molar-refractivity contribution is 0.548. The highest BCUT2D eigenvalue weighted by molar-refractivity contribution is 9.10. The minimum atomic E-state index is 0.165. The summed E-state index contributed by atoms with van der Waals surface area (Å²) in [5.74, 6) is 0. The molecule has 3 nitrogen and oxygen atoms in total. The van der Waals surface area contributed by atoms with Crippen LogP contribution in [0.2, 0.25) is 0 Å². The standard InChI is InChI=1S/C16H22BrN3/c1-5-9-18-15(16-13(17)10-19-20(16)4)14-11(2)7-6-8-12(14)3/h6-8,10,15,18H,5,9H2,1-4H3. The number of nitrogens with one attached hydrogen (secondary N) is 1. The van der Waals surface area contributed by atoms with E-state index in [2.05, 4.69) is 65.3 Å². The topological polar surface area (TPSA) is 29.9 Å². The number of halogens is 1. The predicted octanol–water partition coefficient (Wildman–Crippen LogP) is 3.89. The Kier molecular flexibility index (Phi) is 5.00. The third-order valence-electron chi connectivity index (χ3n) is 3.64. The molecule has 0 aliphatic heterocycles. The second-order valence-electron chi connectivity index (χ2n) is 5.19. The quantitative estimate of drug-likeness (QED) is 0.898. The molecule has 2 rings (SSSR count). The van der Waals surface area contributed by atoms with Gasteiger partial charge in [-0.3, -0.25) is 4.68 Å². The molecule has 0 radical (unpaired) electrons. The first-order chi connectivity index (χ1) is 9.56. The summed E-state index contributed by atoms with van der Waals surface area (Å²) in [6.45, 7) is 7.52. The zero-order valence-electron chi connectivity index (χ0n) is 12.6. The molecule has 20 heavy (non-hydrogen) atoms. The van der Waals surface area contributed by atoms with Gasteiger partial charge in [0.2, 0.25) is 0 Å². The van der Waals surface area contributed by atoms with Gasteiger partial charge < -0.3 is 5.32 Å². The Labute approximate surface area is 129 Å². The van der Waals surface area contributed by atoms with E-state index in [-0.39, 0.29) is 6.04 Å². The van der Waals surface area contributed by atoms with E-state index in [1.165, 1.54) is 22.4 Å². The zero-order chi connectivity index (χ0) is 14.7. The van der Waals surface area contributed by atoms with Crippen molar-refractivity contribution >= 4 is 15.9 Å². The Morgan fingerprint density at radius 3 is 2.45 bits per heavy atom. The van der Waals surface area contributed by atoms with E-state index in [0.717, 1.165) is 17.4 Å². The van der Waals surface area contributed by atoms with Crippen LogP contribution in [0.1, 0.15) is 41.8 Å². The fourth-order valence-corrected chi connectivity index (χ4v) is 3.23. The summed E-state index contributed by atoms with van der Waals surface area (Å²) in [7, 11) is 1.99. The van der Waals surface area contributed by atoms with Gasteiger partial charge in [-0.2, -0.15) is 5.10 Å². The molecule has 1 N–H and O–H groups in total. The molecule has 0 aliphatic rings. The lowest BCUT2D eigenvalue weighted by Crippen LogP contribution is -2.27. The van der Waals surface area contributed by atoms with E-state index in [1.807, 2.05) is 17.9 Å². The summed E-state index contributed by atoms with van der Waals surface area (Å²) in [4.78, 5) is 0. The number of hydrogen-bond acceptors (Lipinski definition) is 2. The molecule has 1 aromatic carbocycles. The molecule has 1 atom stereocenters. The summed E-state index contributed by atoms with van der Waals surface area (Å²) in [5, 5.41) is 8.02. The Hall–Kier alpha value is -1.13. The largest absolute Gasteiger partial charge is 0.305 e. The summed E-state index contributed by atoms with van der Waals surface area (Å²) in [6, 6.07) is 6.63. The van der Waals surface area contributed by atoms with Crippen LogP contribution in [-0.4, -0.2) is 16.3 Å². The number of hydrogen-bond donors (Lipinski definition) is 1. The third kappa shape index (κ3) is 2.96. The molecule has 0 saturated carbocycles. The maximum absolute atomic E-state index is 4.36. The first kappa shape index (κ1) is 15.3. The highest BCUT2D eigenvalue weighted by atomic mass is 79.9. The van der Waals surface area contributed by atoms with Crippen molar-refractivity contribution in [2.75, 3.05) is 6.54 Å². The fourth-order valence-electron chi connectivity index (χ4n) is 2.65. The van der Waals surface area contributed by atoms with Crippen molar-refractivity contribution in [1.29, 1.82) is 0 Å². The van der Waals surface area contributed by atoms with Crippen LogP contribution in [0.3, 0.4) is 0 Å². The van der Waals surface area contributed by atoms with Crippen molar-refractivity contribution in [3.8, 4) is 0 Å². The lowest BCUT2D eigenvalue weighted by Gasteiger charge is -2.23. The number of benzene rings is 1. The molecule has 1 aromatic heterocycles. The molecule has 108 valence electrons. The van der Waals surface area contributed by atoms with Crippen LogP contribution in [0.15, 0.2) is 28.9 Å². The smallest absolute Gasteiger partial charge is 0.0764 e. The van der Waals surface area contributed by atoms with Crippen LogP contribution in [0.4, 0.5) is 0 Å². The van der Waals surface area contributed by atoms with E-state index in [9.17, 15) is 0 Å². The van der Waals surface area contributed by atoms with E-state index >= 15 is 0 Å². The number of nitrogens with zero attached hydrogens (tertiary/aromatic N) is 2. The van der Waals surface area contributed by atoms with Gasteiger partial charge in [-0.25, -0.2) is 0 Å². The van der Waals surface area contributed by atoms with Gasteiger partial charge in [0.25, 0.3) is 0 Å². The van der Waals surface area contributed by atoms with Gasteiger partial charge >= 0.3 is 0 Å². The van der Waals surface area contributed by atoms with Crippen molar-refractivity contribution in [3.05, 3.63) is 51.3 Å². The average molecular weight is 336 g/mol. The molecule has 1 unspecified atom stereocenters. The van der Waals surface area contributed by atoms with Crippen molar-refractivity contribution in [3.63, 3.8) is 0 Å². The Morgan fingerprint density at radius 1 is 1.30 bits per heavy atom. The predicted molar refractivity (Wildman–Crippen MR) is 87.0 cm³/mol. The van der Waals surface area contributed by atoms with E-state index in [1.54, 1.807) is 0 Å². The van der Waals surface area contributed by atoms with E-state index in [4.69, 9.17) is 0 Å². The summed E-state index contributed by atoms with van der Waals surface area (Å²) in [6.07, 6.45) is 2.97. The van der Waals surface area contributed by atoms with Gasteiger partial charge in [-0.15, -0.1) is 0 Å². The van der Waals surface area contributed by atoms with Crippen LogP contribution >= 0.6 is 15.9 Å². The maximum Gasteiger partial charge on any atom is 0.0764 e. The Balaban J connectivity index is 2.53. The fraction of sp³-hybridized carbons (Fsp3) is 0.438. The molecule has 0 saturated heterocycles. The zero-order valence-corrected chi connectivity index (χ0v) is 14.2. The molecule has 1 heterocycles. The number of aryl methyl sites for hydroxylation is 3. The van der Waals surface area contributed by atoms with Gasteiger partial charge in [-0.1, -0.05) is 25.1 Å². The molecular formula is C16H22BrN3. The number of rotatable bonds is 5. The SMILES string of the molecule is CCCNC(c1c(C)cccc1C)c1c(Br)cnn1C. The highest BCUT2D eigenvalue weighted by Gasteiger charge is 2.23. The minimum absolute atomic E-state index is 0.165. The summed E-state index contributed by atoms with van der Waals surface area (Å²) < 4.78 is 3.00. The van der Waals surface area contributed by atoms with Gasteiger partial charge in [0.1, 0.15) is 0 Å². The van der Waals surface area contributed by atoms with Gasteiger partial charge in [0.15, 0.2) is 0 Å². The van der Waals surface area contributed by atoms with Gasteiger partial charge in [-0.05, 0) is 59.4 Å². The van der Waals surface area contributed by atoms with E-state index < -0.39 is 0 Å². The Bertz CT molecular complexity index is 550. The molecule has 2 aromatic rings. The summed E-state index contributed by atoms with van der Waals surface area (Å²) in [5.41, 5.74) is 5.15. The first-order valence-corrected chi connectivity index (χ1v) is 7.82. The molecule has 4 heteroatoms. The third-order valence-corrected chi connectivity index (χ3v) is 4.25. The van der Waals surface area contributed by atoms with Crippen molar-refractivity contribution in [2.24, 2.45) is 7.05 Å². The second kappa shape index (κ2) is 6.55. The molecule has 0 bridgehead atoms. The summed E-state index contributed by atoms with van der Waals surface area (Å²) >= 11 is 3.63. The second-order valence-corrected chi connectivity index (χ2v) is 6.05. The molecule has 0 fully saturated rings.